The number of amides is 2. The molecule has 2 aromatic rings. The van der Waals surface area contributed by atoms with E-state index in [4.69, 9.17) is 9.47 Å². The van der Waals surface area contributed by atoms with Crippen LogP contribution in [-0.4, -0.2) is 57.3 Å². The van der Waals surface area contributed by atoms with E-state index in [1.54, 1.807) is 26.0 Å². The highest BCUT2D eigenvalue weighted by Crippen LogP contribution is 2.16. The van der Waals surface area contributed by atoms with Gasteiger partial charge in [0.2, 0.25) is 10.0 Å². The van der Waals surface area contributed by atoms with Gasteiger partial charge in [0.1, 0.15) is 5.75 Å². The molecule has 9 nitrogen and oxygen atoms in total. The van der Waals surface area contributed by atoms with Crippen LogP contribution >= 0.6 is 0 Å². The minimum absolute atomic E-state index is 0.0515. The first-order chi connectivity index (χ1) is 14.7. The summed E-state index contributed by atoms with van der Waals surface area (Å²) in [5.41, 5.74) is 0.318. The lowest BCUT2D eigenvalue weighted by Crippen LogP contribution is -2.34. The lowest BCUT2D eigenvalue weighted by Gasteiger charge is -2.18. The first-order valence-electron chi connectivity index (χ1n) is 9.48. The summed E-state index contributed by atoms with van der Waals surface area (Å²) in [7, 11) is -2.15. The average Bonchev–Trinajstić information content (AvgIpc) is 2.78. The Bertz CT molecular complexity index is 1030. The molecule has 0 atom stereocenters. The van der Waals surface area contributed by atoms with E-state index >= 15 is 0 Å². The standard InChI is InChI=1S/C21H24N2O7S/c1-4-23(5-2)31(27,28)18-12-8-16(9-13-18)21(26)30-14-19(24)22-20(25)15-6-10-17(29-3)11-7-15/h6-13H,4-5,14H2,1-3H3,(H,22,24,25). The Labute approximate surface area is 181 Å². The molecule has 0 aliphatic rings. The van der Waals surface area contributed by atoms with Crippen molar-refractivity contribution >= 4 is 27.8 Å². The molecule has 0 spiro atoms. The predicted molar refractivity (Wildman–Crippen MR) is 112 cm³/mol. The molecule has 0 radical (unpaired) electrons. The van der Waals surface area contributed by atoms with Gasteiger partial charge in [-0.15, -0.1) is 0 Å². The number of methoxy groups -OCH3 is 1. The summed E-state index contributed by atoms with van der Waals surface area (Å²) in [5, 5.41) is 2.11. The third-order valence-corrected chi connectivity index (χ3v) is 6.44. The van der Waals surface area contributed by atoms with E-state index in [9.17, 15) is 22.8 Å². The highest BCUT2D eigenvalue weighted by atomic mass is 32.2. The number of hydrogen-bond donors (Lipinski definition) is 1. The number of sulfonamides is 1. The van der Waals surface area contributed by atoms with Gasteiger partial charge in [-0.1, -0.05) is 13.8 Å². The van der Waals surface area contributed by atoms with Gasteiger partial charge in [0.15, 0.2) is 6.61 Å². The summed E-state index contributed by atoms with van der Waals surface area (Å²) >= 11 is 0. The van der Waals surface area contributed by atoms with Gasteiger partial charge in [0.25, 0.3) is 11.8 Å². The maximum absolute atomic E-state index is 12.5. The quantitative estimate of drug-likeness (QED) is 0.581. The van der Waals surface area contributed by atoms with E-state index in [0.29, 0.717) is 18.8 Å². The van der Waals surface area contributed by atoms with Gasteiger partial charge in [-0.25, -0.2) is 13.2 Å². The molecule has 10 heteroatoms. The summed E-state index contributed by atoms with van der Waals surface area (Å²) in [6.07, 6.45) is 0. The zero-order valence-corrected chi connectivity index (χ0v) is 18.3. The predicted octanol–water partition coefficient (Wildman–Crippen LogP) is 1.84. The Hall–Kier alpha value is -3.24. The van der Waals surface area contributed by atoms with Crippen LogP contribution in [0.15, 0.2) is 53.4 Å². The number of esters is 1. The highest BCUT2D eigenvalue weighted by molar-refractivity contribution is 7.89. The van der Waals surface area contributed by atoms with Crippen molar-refractivity contribution in [3.8, 4) is 5.75 Å². The van der Waals surface area contributed by atoms with Crippen molar-refractivity contribution in [3.05, 3.63) is 59.7 Å². The van der Waals surface area contributed by atoms with Crippen LogP contribution in [0.5, 0.6) is 5.75 Å². The number of carbonyl (C=O) groups excluding carboxylic acids is 3. The first kappa shape index (κ1) is 24.0. The molecular formula is C21H24N2O7S. The molecule has 0 aromatic heterocycles. The van der Waals surface area contributed by atoms with E-state index in [2.05, 4.69) is 5.32 Å². The van der Waals surface area contributed by atoms with Gasteiger partial charge >= 0.3 is 5.97 Å². The number of benzene rings is 2. The number of nitrogens with one attached hydrogen (secondary N) is 1. The topological polar surface area (TPSA) is 119 Å². The summed E-state index contributed by atoms with van der Waals surface area (Å²) in [6, 6.07) is 11.3. The second kappa shape index (κ2) is 10.7. The maximum atomic E-state index is 12.5. The molecule has 2 aromatic carbocycles. The average molecular weight is 448 g/mol. The zero-order valence-electron chi connectivity index (χ0n) is 17.5. The Balaban J connectivity index is 1.93. The fraction of sp³-hybridized carbons (Fsp3) is 0.286. The number of imide groups is 1. The number of ether oxygens (including phenoxy) is 2. The van der Waals surface area contributed by atoms with E-state index in [1.165, 1.54) is 47.8 Å². The number of nitrogens with zero attached hydrogens (tertiary/aromatic N) is 1. The summed E-state index contributed by atoms with van der Waals surface area (Å²) < 4.78 is 36.1. The molecule has 0 saturated carbocycles. The SMILES string of the molecule is CCN(CC)S(=O)(=O)c1ccc(C(=O)OCC(=O)NC(=O)c2ccc(OC)cc2)cc1. The lowest BCUT2D eigenvalue weighted by atomic mass is 10.2. The Morgan fingerprint density at radius 2 is 1.45 bits per heavy atom. The van der Waals surface area contributed by atoms with Crippen LogP contribution in [0, 0.1) is 0 Å². The molecule has 1 N–H and O–H groups in total. The van der Waals surface area contributed by atoms with Gasteiger partial charge in [-0.05, 0) is 48.5 Å². The van der Waals surface area contributed by atoms with E-state index in [0.717, 1.165) is 0 Å². The smallest absolute Gasteiger partial charge is 0.338 e. The number of hydrogen-bond acceptors (Lipinski definition) is 7. The van der Waals surface area contributed by atoms with Gasteiger partial charge in [-0.2, -0.15) is 4.31 Å². The van der Waals surface area contributed by atoms with Crippen LogP contribution in [0.1, 0.15) is 34.6 Å². The Kier molecular flexibility index (Phi) is 8.29. The van der Waals surface area contributed by atoms with Gasteiger partial charge in [0.05, 0.1) is 17.6 Å². The van der Waals surface area contributed by atoms with Crippen LogP contribution in [0.4, 0.5) is 0 Å². The van der Waals surface area contributed by atoms with Crippen LogP contribution in [0.25, 0.3) is 0 Å². The van der Waals surface area contributed by atoms with Crippen molar-refractivity contribution in [2.24, 2.45) is 0 Å². The fourth-order valence-electron chi connectivity index (χ4n) is 2.67. The molecule has 0 fully saturated rings. The van der Waals surface area contributed by atoms with Crippen LogP contribution < -0.4 is 10.1 Å². The van der Waals surface area contributed by atoms with E-state index in [1.807, 2.05) is 0 Å². The molecule has 0 aliphatic carbocycles. The second-order valence-electron chi connectivity index (χ2n) is 6.30. The molecule has 0 aliphatic heterocycles. The van der Waals surface area contributed by atoms with Crippen molar-refractivity contribution in [3.63, 3.8) is 0 Å². The minimum atomic E-state index is -3.64. The van der Waals surface area contributed by atoms with Crippen molar-refractivity contribution in [2.45, 2.75) is 18.7 Å². The normalized spacial score (nSPS) is 11.1. The molecule has 0 unspecified atom stereocenters. The third-order valence-electron chi connectivity index (χ3n) is 4.37. The Morgan fingerprint density at radius 1 is 0.903 bits per heavy atom. The molecule has 166 valence electrons. The molecule has 31 heavy (non-hydrogen) atoms. The van der Waals surface area contributed by atoms with Gasteiger partial charge < -0.3 is 9.47 Å². The fourth-order valence-corrected chi connectivity index (χ4v) is 4.13. The largest absolute Gasteiger partial charge is 0.497 e. The third kappa shape index (κ3) is 6.12. The zero-order chi connectivity index (χ0) is 23.0. The van der Waals surface area contributed by atoms with Gasteiger partial charge in [-0.3, -0.25) is 14.9 Å². The van der Waals surface area contributed by atoms with Crippen LogP contribution in [0.2, 0.25) is 0 Å². The molecule has 2 amide bonds. The van der Waals surface area contributed by atoms with Crippen LogP contribution in [-0.2, 0) is 19.6 Å². The van der Waals surface area contributed by atoms with Crippen molar-refractivity contribution < 1.29 is 32.3 Å². The monoisotopic (exact) mass is 448 g/mol. The number of carbonyl (C=O) groups is 3. The van der Waals surface area contributed by atoms with Crippen LogP contribution in [0.3, 0.4) is 0 Å². The van der Waals surface area contributed by atoms with Crippen molar-refractivity contribution in [1.29, 1.82) is 0 Å². The molecule has 0 heterocycles. The molecule has 0 bridgehead atoms. The van der Waals surface area contributed by atoms with Crippen molar-refractivity contribution in [2.75, 3.05) is 26.8 Å². The van der Waals surface area contributed by atoms with Gasteiger partial charge in [0, 0.05) is 18.7 Å². The summed E-state index contributed by atoms with van der Waals surface area (Å²) in [4.78, 5) is 36.1. The number of rotatable bonds is 9. The first-order valence-corrected chi connectivity index (χ1v) is 10.9. The maximum Gasteiger partial charge on any atom is 0.338 e. The molecule has 0 saturated heterocycles. The van der Waals surface area contributed by atoms with E-state index in [-0.39, 0.29) is 16.0 Å². The summed E-state index contributed by atoms with van der Waals surface area (Å²) in [5.74, 6) is -1.70. The minimum Gasteiger partial charge on any atom is -0.497 e. The summed E-state index contributed by atoms with van der Waals surface area (Å²) in [6.45, 7) is 3.45. The molecule has 2 rings (SSSR count). The highest BCUT2D eigenvalue weighted by Gasteiger charge is 2.22. The lowest BCUT2D eigenvalue weighted by molar-refractivity contribution is -0.123. The Morgan fingerprint density at radius 3 is 1.97 bits per heavy atom. The second-order valence-corrected chi connectivity index (χ2v) is 8.23. The molecular weight excluding hydrogens is 424 g/mol. The van der Waals surface area contributed by atoms with E-state index < -0.39 is 34.4 Å². The van der Waals surface area contributed by atoms with Crippen molar-refractivity contribution in [1.82, 2.24) is 9.62 Å².